The van der Waals surface area contributed by atoms with E-state index in [1.807, 2.05) is 12.3 Å². The molecular formula is C15H25N3O2. The largest absolute Gasteiger partial charge is 0.377 e. The van der Waals surface area contributed by atoms with Crippen LogP contribution in [0.1, 0.15) is 19.5 Å². The molecule has 112 valence electrons. The number of hydrogen-bond acceptors (Lipinski definition) is 5. The molecule has 2 atom stereocenters. The third-order valence-corrected chi connectivity index (χ3v) is 3.68. The summed E-state index contributed by atoms with van der Waals surface area (Å²) in [6.45, 7) is 6.78. The molecule has 0 saturated carbocycles. The molecule has 5 nitrogen and oxygen atoms in total. The quantitative estimate of drug-likeness (QED) is 0.853. The molecule has 2 unspecified atom stereocenters. The predicted molar refractivity (Wildman–Crippen MR) is 80.0 cm³/mol. The Morgan fingerprint density at radius 1 is 1.30 bits per heavy atom. The smallest absolute Gasteiger partial charge is 0.102 e. The van der Waals surface area contributed by atoms with E-state index in [4.69, 9.17) is 9.47 Å². The van der Waals surface area contributed by atoms with E-state index in [1.165, 1.54) is 5.69 Å². The van der Waals surface area contributed by atoms with Gasteiger partial charge in [0.2, 0.25) is 0 Å². The van der Waals surface area contributed by atoms with Gasteiger partial charge in [-0.05, 0) is 12.1 Å². The Labute approximate surface area is 121 Å². The topological polar surface area (TPSA) is 46.6 Å². The summed E-state index contributed by atoms with van der Waals surface area (Å²) >= 11 is 0. The lowest BCUT2D eigenvalue weighted by atomic mass is 10.2. The first kappa shape index (κ1) is 15.2. The molecule has 1 fully saturated rings. The number of ether oxygens (including phenoxy) is 2. The van der Waals surface area contributed by atoms with E-state index in [-0.39, 0.29) is 12.2 Å². The van der Waals surface area contributed by atoms with E-state index in [0.29, 0.717) is 6.04 Å². The van der Waals surface area contributed by atoms with Gasteiger partial charge in [0.05, 0.1) is 5.69 Å². The van der Waals surface area contributed by atoms with Gasteiger partial charge < -0.3 is 19.7 Å². The van der Waals surface area contributed by atoms with Crippen LogP contribution in [0.5, 0.6) is 0 Å². The normalized spacial score (nSPS) is 22.8. The average Bonchev–Trinajstić information content (AvgIpc) is 2.88. The maximum absolute atomic E-state index is 5.48. The minimum Gasteiger partial charge on any atom is -0.377 e. The van der Waals surface area contributed by atoms with Crippen molar-refractivity contribution in [1.29, 1.82) is 0 Å². The molecule has 1 aromatic rings. The van der Waals surface area contributed by atoms with Crippen LogP contribution in [-0.2, 0) is 16.0 Å². The highest BCUT2D eigenvalue weighted by molar-refractivity contribution is 5.48. The summed E-state index contributed by atoms with van der Waals surface area (Å²) in [7, 11) is 3.48. The second-order valence-electron chi connectivity index (χ2n) is 5.49. The van der Waals surface area contributed by atoms with Crippen molar-refractivity contribution in [3.05, 3.63) is 24.0 Å². The SMILES string of the molecule is COC1CN(c2ccnc(CNC(C)C)c2)CC1OC. The third kappa shape index (κ3) is 3.69. The molecule has 0 spiro atoms. The molecule has 5 heteroatoms. The number of nitrogens with one attached hydrogen (secondary N) is 1. The zero-order valence-corrected chi connectivity index (χ0v) is 12.8. The lowest BCUT2D eigenvalue weighted by molar-refractivity contribution is -0.00461. The van der Waals surface area contributed by atoms with Gasteiger partial charge >= 0.3 is 0 Å². The number of anilines is 1. The molecule has 2 rings (SSSR count). The highest BCUT2D eigenvalue weighted by atomic mass is 16.5. The number of nitrogens with zero attached hydrogens (tertiary/aromatic N) is 2. The van der Waals surface area contributed by atoms with Crippen molar-refractivity contribution in [1.82, 2.24) is 10.3 Å². The fourth-order valence-corrected chi connectivity index (χ4v) is 2.48. The van der Waals surface area contributed by atoms with Crippen LogP contribution in [-0.4, -0.2) is 50.5 Å². The molecule has 0 radical (unpaired) electrons. The molecule has 20 heavy (non-hydrogen) atoms. The van der Waals surface area contributed by atoms with Crippen molar-refractivity contribution in [2.24, 2.45) is 0 Å². The van der Waals surface area contributed by atoms with Gasteiger partial charge in [0.25, 0.3) is 0 Å². The zero-order chi connectivity index (χ0) is 14.5. The van der Waals surface area contributed by atoms with Crippen molar-refractivity contribution in [3.63, 3.8) is 0 Å². The molecule has 1 saturated heterocycles. The first-order valence-electron chi connectivity index (χ1n) is 7.13. The van der Waals surface area contributed by atoms with Crippen LogP contribution in [0.15, 0.2) is 18.3 Å². The van der Waals surface area contributed by atoms with Gasteiger partial charge in [0, 0.05) is 51.8 Å². The minimum atomic E-state index is 0.130. The van der Waals surface area contributed by atoms with Gasteiger partial charge in [-0.1, -0.05) is 13.8 Å². The predicted octanol–water partition coefficient (Wildman–Crippen LogP) is 1.43. The summed E-state index contributed by atoms with van der Waals surface area (Å²) in [5.74, 6) is 0. The summed E-state index contributed by atoms with van der Waals surface area (Å²) in [4.78, 5) is 6.70. The first-order valence-corrected chi connectivity index (χ1v) is 7.13. The van der Waals surface area contributed by atoms with Crippen molar-refractivity contribution >= 4 is 5.69 Å². The Kier molecular flexibility index (Phi) is 5.34. The minimum absolute atomic E-state index is 0.130. The number of aromatic nitrogens is 1. The molecule has 1 aromatic heterocycles. The molecule has 2 heterocycles. The molecule has 1 aliphatic heterocycles. The molecular weight excluding hydrogens is 254 g/mol. The Hall–Kier alpha value is -1.17. The molecule has 0 amide bonds. The van der Waals surface area contributed by atoms with Crippen LogP contribution >= 0.6 is 0 Å². The van der Waals surface area contributed by atoms with Crippen molar-refractivity contribution < 1.29 is 9.47 Å². The van der Waals surface area contributed by atoms with Gasteiger partial charge in [0.15, 0.2) is 0 Å². The van der Waals surface area contributed by atoms with Gasteiger partial charge in [-0.25, -0.2) is 0 Å². The maximum Gasteiger partial charge on any atom is 0.102 e. The van der Waals surface area contributed by atoms with Crippen LogP contribution in [0.4, 0.5) is 5.69 Å². The number of rotatable bonds is 6. The second kappa shape index (κ2) is 7.02. The van der Waals surface area contributed by atoms with Crippen LogP contribution in [0, 0.1) is 0 Å². The van der Waals surface area contributed by atoms with E-state index in [1.54, 1.807) is 14.2 Å². The van der Waals surface area contributed by atoms with E-state index in [9.17, 15) is 0 Å². The van der Waals surface area contributed by atoms with Gasteiger partial charge in [-0.3, -0.25) is 4.98 Å². The van der Waals surface area contributed by atoms with Crippen LogP contribution in [0.25, 0.3) is 0 Å². The first-order chi connectivity index (χ1) is 9.63. The van der Waals surface area contributed by atoms with Crippen molar-refractivity contribution in [3.8, 4) is 0 Å². The summed E-state index contributed by atoms with van der Waals surface area (Å²) in [5, 5.41) is 3.39. The Morgan fingerprint density at radius 3 is 2.50 bits per heavy atom. The highest BCUT2D eigenvalue weighted by Crippen LogP contribution is 2.23. The van der Waals surface area contributed by atoms with E-state index in [0.717, 1.165) is 25.3 Å². The summed E-state index contributed by atoms with van der Waals surface area (Å²) in [5.41, 5.74) is 2.24. The lowest BCUT2D eigenvalue weighted by Crippen LogP contribution is -2.27. The zero-order valence-electron chi connectivity index (χ0n) is 12.8. The van der Waals surface area contributed by atoms with Crippen LogP contribution in [0.2, 0.25) is 0 Å². The molecule has 0 bridgehead atoms. The summed E-state index contributed by atoms with van der Waals surface area (Å²) < 4.78 is 11.0. The van der Waals surface area contributed by atoms with E-state index in [2.05, 4.69) is 35.1 Å². The molecule has 1 N–H and O–H groups in total. The second-order valence-corrected chi connectivity index (χ2v) is 5.49. The Bertz CT molecular complexity index is 413. The average molecular weight is 279 g/mol. The number of hydrogen-bond donors (Lipinski definition) is 1. The highest BCUT2D eigenvalue weighted by Gasteiger charge is 2.33. The van der Waals surface area contributed by atoms with Crippen LogP contribution in [0.3, 0.4) is 0 Å². The molecule has 0 aliphatic carbocycles. The van der Waals surface area contributed by atoms with Gasteiger partial charge in [0.1, 0.15) is 12.2 Å². The Morgan fingerprint density at radius 2 is 1.95 bits per heavy atom. The fourth-order valence-electron chi connectivity index (χ4n) is 2.48. The van der Waals surface area contributed by atoms with Crippen molar-refractivity contribution in [2.45, 2.75) is 38.6 Å². The monoisotopic (exact) mass is 279 g/mol. The lowest BCUT2D eigenvalue weighted by Gasteiger charge is -2.19. The molecule has 1 aliphatic rings. The number of pyridine rings is 1. The maximum atomic E-state index is 5.48. The standard InChI is InChI=1S/C15H25N3O2/c1-11(2)17-8-12-7-13(5-6-16-12)18-9-14(19-3)15(10-18)20-4/h5-7,11,14-15,17H,8-10H2,1-4H3. The van der Waals surface area contributed by atoms with E-state index < -0.39 is 0 Å². The Balaban J connectivity index is 2.04. The van der Waals surface area contributed by atoms with Crippen LogP contribution < -0.4 is 10.2 Å². The summed E-state index contributed by atoms with van der Waals surface area (Å²) in [6, 6.07) is 4.65. The fraction of sp³-hybridized carbons (Fsp3) is 0.667. The van der Waals surface area contributed by atoms with Gasteiger partial charge in [-0.15, -0.1) is 0 Å². The third-order valence-electron chi connectivity index (χ3n) is 3.68. The van der Waals surface area contributed by atoms with Gasteiger partial charge in [-0.2, -0.15) is 0 Å². The number of methoxy groups -OCH3 is 2. The summed E-state index contributed by atoms with van der Waals surface area (Å²) in [6.07, 6.45) is 2.13. The van der Waals surface area contributed by atoms with Crippen molar-refractivity contribution in [2.75, 3.05) is 32.2 Å². The van der Waals surface area contributed by atoms with E-state index >= 15 is 0 Å². The molecule has 0 aromatic carbocycles.